The third kappa shape index (κ3) is 106000. The van der Waals surface area contributed by atoms with Crippen molar-refractivity contribution in [2.24, 2.45) is 0 Å². The van der Waals surface area contributed by atoms with Gasteiger partial charge in [-0.15, -0.1) is 0 Å². The van der Waals surface area contributed by atoms with Crippen molar-refractivity contribution in [3.05, 3.63) is 7.43 Å². The van der Waals surface area contributed by atoms with E-state index >= 15 is 0 Å². The van der Waals surface area contributed by atoms with Crippen molar-refractivity contribution in [2.45, 2.75) is 0 Å². The Morgan fingerprint density at radius 1 is 0.636 bits per heavy atom. The van der Waals surface area contributed by atoms with Gasteiger partial charge in [0.15, 0.2) is 0 Å². The molecule has 10 heteroatoms. The summed E-state index contributed by atoms with van der Waals surface area (Å²) in [5.41, 5.74) is 0. The van der Waals surface area contributed by atoms with Gasteiger partial charge in [-0.25, -0.2) is 0 Å². The van der Waals surface area contributed by atoms with Crippen molar-refractivity contribution in [2.75, 3.05) is 0 Å². The summed E-state index contributed by atoms with van der Waals surface area (Å²) < 4.78 is 68.6. The molecule has 0 fully saturated rings. The Hall–Kier alpha value is 0.0790. The third-order valence-corrected chi connectivity index (χ3v) is 0. The molecule has 0 N–H and O–H groups in total. The molecule has 11 heavy (non-hydrogen) atoms. The Bertz CT molecular complexity index is 208. The summed E-state index contributed by atoms with van der Waals surface area (Å²) in [6.45, 7) is 0. The SMILES string of the molecule is [C+4].[O]=[Mn](=[O])([O-])[O-].[O]=[Mn](=[O])([O-])[O-]. The number of rotatable bonds is 0. The fourth-order valence-corrected chi connectivity index (χ4v) is 0. The monoisotopic (exact) mass is 250 g/mol. The Morgan fingerprint density at radius 3 is 0.636 bits per heavy atom. The molecule has 0 spiro atoms. The van der Waals surface area contributed by atoms with E-state index in [-0.39, 0.29) is 7.43 Å². The number of hydrogen-bond acceptors (Lipinski definition) is 8. The van der Waals surface area contributed by atoms with Crippen LogP contribution in [0.3, 0.4) is 0 Å². The summed E-state index contributed by atoms with van der Waals surface area (Å²) in [5.74, 6) is 0. The molecule has 0 aliphatic carbocycles. The van der Waals surface area contributed by atoms with Gasteiger partial charge in [-0.3, -0.25) is 0 Å². The Kier molecular flexibility index (Phi) is 8.93. The quantitative estimate of drug-likeness (QED) is 0.385. The summed E-state index contributed by atoms with van der Waals surface area (Å²) in [7, 11) is 0. The number of hydrogen-bond donors (Lipinski definition) is 0. The first-order valence-electron chi connectivity index (χ1n) is 1.23. The molecule has 0 aliphatic rings. The Morgan fingerprint density at radius 2 is 0.636 bits per heavy atom. The molecular formula is CMn2O8. The summed E-state index contributed by atoms with van der Waals surface area (Å²) in [6.07, 6.45) is 0. The zero-order chi connectivity index (χ0) is 9.00. The molecule has 0 saturated heterocycles. The van der Waals surface area contributed by atoms with E-state index < -0.39 is 26.7 Å². The molecule has 8 nitrogen and oxygen atoms in total. The molecule has 0 amide bonds. The van der Waals surface area contributed by atoms with Gasteiger partial charge in [0.25, 0.3) is 0 Å². The second kappa shape index (κ2) is 5.69. The molecule has 66 valence electrons. The molecule has 0 radical (unpaired) electrons. The molecule has 0 aromatic carbocycles. The van der Waals surface area contributed by atoms with Crippen LogP contribution in [-0.4, -0.2) is 0 Å². The van der Waals surface area contributed by atoms with Crippen molar-refractivity contribution < 1.29 is 58.8 Å². The van der Waals surface area contributed by atoms with Crippen LogP contribution >= 0.6 is 0 Å². The molecule has 0 heterocycles. The van der Waals surface area contributed by atoms with Gasteiger partial charge in [-0.05, 0) is 0 Å². The van der Waals surface area contributed by atoms with Gasteiger partial charge in [-0.1, -0.05) is 0 Å². The predicted molar refractivity (Wildman–Crippen MR) is 5.99 cm³/mol. The fraction of sp³-hybridized carbons (Fsp3) is 0. The minimum atomic E-state index is -5.62. The molecule has 0 unspecified atom stereocenters. The van der Waals surface area contributed by atoms with Crippen molar-refractivity contribution >= 4 is 0 Å². The van der Waals surface area contributed by atoms with E-state index in [1.54, 1.807) is 0 Å². The minimum absolute atomic E-state index is 0. The standard InChI is InChI=1S/C.2Mn.8O/q+4;;;;;;;4*-1. The van der Waals surface area contributed by atoms with E-state index in [1.165, 1.54) is 0 Å². The maximum atomic E-state index is 8.58. The van der Waals surface area contributed by atoms with Crippen molar-refractivity contribution in [1.29, 1.82) is 0 Å². The molecule has 0 saturated carbocycles. The Labute approximate surface area is 66.7 Å². The van der Waals surface area contributed by atoms with Gasteiger partial charge in [0.2, 0.25) is 0 Å². The zero-order valence-electron chi connectivity index (χ0n) is 4.52. The van der Waals surface area contributed by atoms with Crippen LogP contribution in [0.5, 0.6) is 0 Å². The van der Waals surface area contributed by atoms with Crippen molar-refractivity contribution in [1.82, 2.24) is 0 Å². The van der Waals surface area contributed by atoms with Crippen LogP contribution in [-0.2, 0) is 42.1 Å². The molecule has 0 bridgehead atoms. The average molecular weight is 250 g/mol. The van der Waals surface area contributed by atoms with E-state index in [2.05, 4.69) is 0 Å². The van der Waals surface area contributed by atoms with Crippen LogP contribution in [0, 0.1) is 7.43 Å². The second-order valence-corrected chi connectivity index (χ2v) is 3.12. The third-order valence-electron chi connectivity index (χ3n) is 0. The van der Waals surface area contributed by atoms with Gasteiger partial charge in [0.05, 0.1) is 0 Å². The van der Waals surface area contributed by atoms with Gasteiger partial charge in [0.1, 0.15) is 0 Å². The van der Waals surface area contributed by atoms with Crippen LogP contribution in [0.2, 0.25) is 0 Å². The molecule has 0 atom stereocenters. The topological polar surface area (TPSA) is 161 Å². The Balaban J connectivity index is -0.000000107. The van der Waals surface area contributed by atoms with Crippen molar-refractivity contribution in [3.8, 4) is 0 Å². The van der Waals surface area contributed by atoms with E-state index in [0.717, 1.165) is 0 Å². The molecule has 0 rings (SSSR count). The molecule has 0 aliphatic heterocycles. The summed E-state index contributed by atoms with van der Waals surface area (Å²) >= 11 is -11.2. The van der Waals surface area contributed by atoms with E-state index in [0.29, 0.717) is 0 Å². The first-order chi connectivity index (χ1) is 4.00. The van der Waals surface area contributed by atoms with Crippen LogP contribution < -0.4 is 16.8 Å². The van der Waals surface area contributed by atoms with Gasteiger partial charge >= 0.3 is 66.3 Å². The van der Waals surface area contributed by atoms with Crippen molar-refractivity contribution in [3.63, 3.8) is 0 Å². The van der Waals surface area contributed by atoms with E-state index in [4.69, 9.17) is 32.1 Å². The molecular weight excluding hydrogens is 250 g/mol. The first kappa shape index (κ1) is 17.2. The van der Waals surface area contributed by atoms with E-state index in [9.17, 15) is 0 Å². The predicted octanol–water partition coefficient (Wildman–Crippen LogP) is -5.15. The first-order valence-corrected chi connectivity index (χ1v) is 5.09. The van der Waals surface area contributed by atoms with Gasteiger partial charge < -0.3 is 0 Å². The van der Waals surface area contributed by atoms with Crippen LogP contribution in [0.4, 0.5) is 0 Å². The molecule has 0 aromatic rings. The van der Waals surface area contributed by atoms with Crippen LogP contribution in [0.1, 0.15) is 0 Å². The van der Waals surface area contributed by atoms with Crippen LogP contribution in [0.25, 0.3) is 0 Å². The molecule has 0 aromatic heterocycles. The van der Waals surface area contributed by atoms with Crippen LogP contribution in [0.15, 0.2) is 0 Å². The van der Waals surface area contributed by atoms with Gasteiger partial charge in [-0.2, -0.15) is 0 Å². The maximum absolute atomic E-state index is 8.58. The van der Waals surface area contributed by atoms with E-state index in [1.807, 2.05) is 0 Å². The average Bonchev–Trinajstić information content (AvgIpc) is 1.12. The summed E-state index contributed by atoms with van der Waals surface area (Å²) in [5, 5.41) is 0. The summed E-state index contributed by atoms with van der Waals surface area (Å²) in [4.78, 5) is 0. The zero-order valence-corrected chi connectivity index (χ0v) is 6.88. The summed E-state index contributed by atoms with van der Waals surface area (Å²) in [6, 6.07) is 0. The normalized spacial score (nSPS) is 10.5. The fourth-order valence-electron chi connectivity index (χ4n) is 0. The van der Waals surface area contributed by atoms with Gasteiger partial charge in [0, 0.05) is 0 Å². The second-order valence-electron chi connectivity index (χ2n) is 0.756.